The third kappa shape index (κ3) is 4.79. The zero-order chi connectivity index (χ0) is 21.0. The van der Waals surface area contributed by atoms with Gasteiger partial charge in [-0.15, -0.1) is 0 Å². The highest BCUT2D eigenvalue weighted by atomic mass is 32.2. The van der Waals surface area contributed by atoms with Crippen molar-refractivity contribution in [2.24, 2.45) is 0 Å². The molecule has 2 aromatic rings. The summed E-state index contributed by atoms with van der Waals surface area (Å²) in [6, 6.07) is 11.4. The minimum atomic E-state index is -0.447. The Balaban J connectivity index is 1.81. The average Bonchev–Trinajstić information content (AvgIpc) is 2.97. The summed E-state index contributed by atoms with van der Waals surface area (Å²) in [4.78, 5) is 26.3. The van der Waals surface area contributed by atoms with Crippen molar-refractivity contribution in [3.05, 3.63) is 64.3 Å². The van der Waals surface area contributed by atoms with E-state index in [1.807, 2.05) is 13.8 Å². The van der Waals surface area contributed by atoms with Crippen molar-refractivity contribution in [3.8, 4) is 11.5 Å². The minimum Gasteiger partial charge on any atom is -0.493 e. The van der Waals surface area contributed by atoms with E-state index in [-0.39, 0.29) is 17.6 Å². The lowest BCUT2D eigenvalue weighted by molar-refractivity contribution is -0.123. The first-order valence-corrected chi connectivity index (χ1v) is 10.1. The third-order valence-corrected chi connectivity index (χ3v) is 5.46. The van der Waals surface area contributed by atoms with Crippen molar-refractivity contribution in [1.82, 2.24) is 4.90 Å². The first-order chi connectivity index (χ1) is 13.9. The molecule has 5 nitrogen and oxygen atoms in total. The van der Waals surface area contributed by atoms with Crippen molar-refractivity contribution in [3.63, 3.8) is 0 Å². The smallest absolute Gasteiger partial charge is 0.293 e. The molecule has 0 saturated carbocycles. The predicted molar refractivity (Wildman–Crippen MR) is 111 cm³/mol. The molecule has 152 valence electrons. The number of imide groups is 1. The maximum Gasteiger partial charge on any atom is 0.293 e. The topological polar surface area (TPSA) is 55.8 Å². The van der Waals surface area contributed by atoms with E-state index in [0.29, 0.717) is 22.6 Å². The van der Waals surface area contributed by atoms with Gasteiger partial charge in [-0.25, -0.2) is 4.39 Å². The number of ether oxygens (including phenoxy) is 2. The normalized spacial score (nSPS) is 16.4. The lowest BCUT2D eigenvalue weighted by Crippen LogP contribution is -2.27. The molecule has 3 rings (SSSR count). The second kappa shape index (κ2) is 9.13. The number of rotatable bonds is 7. The largest absolute Gasteiger partial charge is 0.493 e. The van der Waals surface area contributed by atoms with E-state index in [9.17, 15) is 14.0 Å². The number of halogens is 1. The van der Waals surface area contributed by atoms with E-state index in [2.05, 4.69) is 0 Å². The first-order valence-electron chi connectivity index (χ1n) is 9.26. The van der Waals surface area contributed by atoms with Crippen LogP contribution in [-0.2, 0) is 11.3 Å². The zero-order valence-corrected chi connectivity index (χ0v) is 17.3. The number of thioether (sulfide) groups is 1. The molecule has 0 N–H and O–H groups in total. The summed E-state index contributed by atoms with van der Waals surface area (Å²) in [7, 11) is 1.55. The molecule has 0 spiro atoms. The summed E-state index contributed by atoms with van der Waals surface area (Å²) < 4.78 is 25.1. The van der Waals surface area contributed by atoms with Gasteiger partial charge >= 0.3 is 0 Å². The molecular weight excluding hydrogens is 393 g/mol. The Kier molecular flexibility index (Phi) is 6.59. The number of hydrogen-bond acceptors (Lipinski definition) is 5. The van der Waals surface area contributed by atoms with Gasteiger partial charge in [0.05, 0.1) is 24.7 Å². The first kappa shape index (κ1) is 20.9. The Morgan fingerprint density at radius 1 is 1.17 bits per heavy atom. The van der Waals surface area contributed by atoms with Gasteiger partial charge in [-0.2, -0.15) is 0 Å². The third-order valence-electron chi connectivity index (χ3n) is 4.55. The lowest BCUT2D eigenvalue weighted by Gasteiger charge is -2.15. The highest BCUT2D eigenvalue weighted by Crippen LogP contribution is 2.35. The van der Waals surface area contributed by atoms with Gasteiger partial charge < -0.3 is 9.47 Å². The Bertz CT molecular complexity index is 960. The summed E-state index contributed by atoms with van der Waals surface area (Å²) >= 11 is 0.838. The molecule has 2 amide bonds. The Morgan fingerprint density at radius 3 is 2.62 bits per heavy atom. The highest BCUT2D eigenvalue weighted by molar-refractivity contribution is 8.18. The molecule has 1 fully saturated rings. The molecular formula is C22H22FNO4S. The summed E-state index contributed by atoms with van der Waals surface area (Å²) in [6.45, 7) is 3.90. The number of methoxy groups -OCH3 is 1. The number of carbonyl (C=O) groups is 2. The molecule has 1 heterocycles. The van der Waals surface area contributed by atoms with Gasteiger partial charge in [0.25, 0.3) is 11.1 Å². The van der Waals surface area contributed by atoms with Crippen LogP contribution in [0.1, 0.15) is 31.4 Å². The van der Waals surface area contributed by atoms with Crippen molar-refractivity contribution < 1.29 is 23.5 Å². The lowest BCUT2D eigenvalue weighted by atomic mass is 10.1. The number of benzene rings is 2. The van der Waals surface area contributed by atoms with E-state index in [0.717, 1.165) is 23.1 Å². The Labute approximate surface area is 173 Å². The van der Waals surface area contributed by atoms with Gasteiger partial charge in [0.15, 0.2) is 11.5 Å². The van der Waals surface area contributed by atoms with Gasteiger partial charge in [-0.1, -0.05) is 31.2 Å². The van der Waals surface area contributed by atoms with E-state index in [4.69, 9.17) is 9.47 Å². The second-order valence-electron chi connectivity index (χ2n) is 6.61. The minimum absolute atomic E-state index is 0.0460. The molecule has 0 aromatic heterocycles. The van der Waals surface area contributed by atoms with Crippen LogP contribution >= 0.6 is 11.8 Å². The van der Waals surface area contributed by atoms with E-state index in [1.54, 1.807) is 49.6 Å². The van der Waals surface area contributed by atoms with Crippen molar-refractivity contribution >= 4 is 29.0 Å². The molecule has 0 aliphatic carbocycles. The molecule has 7 heteroatoms. The standard InChI is InChI=1S/C22H22FNO4S/c1-4-14(2)28-18-10-9-15(11-19(18)27-3)12-20-21(25)24(22(26)29-20)13-16-7-5-6-8-17(16)23/h5-12,14H,4,13H2,1-3H3/b20-12+. The maximum atomic E-state index is 13.9. The van der Waals surface area contributed by atoms with Crippen LogP contribution in [0.3, 0.4) is 0 Å². The predicted octanol–water partition coefficient (Wildman–Crippen LogP) is 5.25. The van der Waals surface area contributed by atoms with Crippen molar-refractivity contribution in [2.45, 2.75) is 32.9 Å². The molecule has 1 aliphatic rings. The van der Waals surface area contributed by atoms with Crippen LogP contribution in [0.2, 0.25) is 0 Å². The zero-order valence-electron chi connectivity index (χ0n) is 16.5. The fourth-order valence-electron chi connectivity index (χ4n) is 2.76. The quantitative estimate of drug-likeness (QED) is 0.578. The van der Waals surface area contributed by atoms with Crippen LogP contribution in [0, 0.1) is 5.82 Å². The summed E-state index contributed by atoms with van der Waals surface area (Å²) in [5.41, 5.74) is 0.999. The van der Waals surface area contributed by atoms with Crippen LogP contribution in [0.4, 0.5) is 9.18 Å². The number of carbonyl (C=O) groups excluding carboxylic acids is 2. The molecule has 1 saturated heterocycles. The molecule has 29 heavy (non-hydrogen) atoms. The second-order valence-corrected chi connectivity index (χ2v) is 7.60. The summed E-state index contributed by atoms with van der Waals surface area (Å²) in [6.07, 6.45) is 2.53. The van der Waals surface area contributed by atoms with E-state index < -0.39 is 17.0 Å². The average molecular weight is 415 g/mol. The van der Waals surface area contributed by atoms with Crippen molar-refractivity contribution in [1.29, 1.82) is 0 Å². The fourth-order valence-corrected chi connectivity index (χ4v) is 3.59. The van der Waals surface area contributed by atoms with Gasteiger partial charge in [-0.05, 0) is 54.9 Å². The van der Waals surface area contributed by atoms with Crippen LogP contribution in [-0.4, -0.2) is 29.3 Å². The Morgan fingerprint density at radius 2 is 1.93 bits per heavy atom. The number of nitrogens with zero attached hydrogens (tertiary/aromatic N) is 1. The fraction of sp³-hybridized carbons (Fsp3) is 0.273. The van der Waals surface area contributed by atoms with Crippen LogP contribution in [0.15, 0.2) is 47.4 Å². The molecule has 1 unspecified atom stereocenters. The maximum absolute atomic E-state index is 13.9. The summed E-state index contributed by atoms with van der Waals surface area (Å²) in [5, 5.41) is -0.423. The van der Waals surface area contributed by atoms with E-state index >= 15 is 0 Å². The molecule has 0 bridgehead atoms. The van der Waals surface area contributed by atoms with Crippen LogP contribution in [0.5, 0.6) is 11.5 Å². The molecule has 1 aliphatic heterocycles. The Hall–Kier alpha value is -2.80. The SMILES string of the molecule is CCC(C)Oc1ccc(/C=C2/SC(=O)N(Cc3ccccc3F)C2=O)cc1OC. The monoisotopic (exact) mass is 415 g/mol. The summed E-state index contributed by atoms with van der Waals surface area (Å²) in [5.74, 6) is 0.274. The van der Waals surface area contributed by atoms with Gasteiger partial charge in [0.2, 0.25) is 0 Å². The molecule has 0 radical (unpaired) electrons. The molecule has 2 aromatic carbocycles. The van der Waals surface area contributed by atoms with Gasteiger partial charge in [0, 0.05) is 5.56 Å². The number of hydrogen-bond donors (Lipinski definition) is 0. The van der Waals surface area contributed by atoms with Crippen LogP contribution in [0.25, 0.3) is 6.08 Å². The van der Waals surface area contributed by atoms with Crippen LogP contribution < -0.4 is 9.47 Å². The molecule has 1 atom stereocenters. The van der Waals surface area contributed by atoms with Gasteiger partial charge in [-0.3, -0.25) is 14.5 Å². The number of amides is 2. The highest BCUT2D eigenvalue weighted by Gasteiger charge is 2.35. The van der Waals surface area contributed by atoms with Gasteiger partial charge in [0.1, 0.15) is 5.82 Å². The van der Waals surface area contributed by atoms with E-state index in [1.165, 1.54) is 6.07 Å². The van der Waals surface area contributed by atoms with Crippen molar-refractivity contribution in [2.75, 3.05) is 7.11 Å².